The number of hydrogen-bond acceptors (Lipinski definition) is 5. The van der Waals surface area contributed by atoms with Gasteiger partial charge in [-0.1, -0.05) is 24.3 Å². The highest BCUT2D eigenvalue weighted by molar-refractivity contribution is 14.1. The van der Waals surface area contributed by atoms with E-state index in [1.165, 1.54) is 6.33 Å². The highest BCUT2D eigenvalue weighted by Crippen LogP contribution is 2.22. The third-order valence-electron chi connectivity index (χ3n) is 3.60. The number of benzene rings is 2. The molecule has 0 fully saturated rings. The predicted molar refractivity (Wildman–Crippen MR) is 101 cm³/mol. The maximum absolute atomic E-state index is 12.1. The normalized spacial score (nSPS) is 15.3. The van der Waals surface area contributed by atoms with Crippen molar-refractivity contribution in [2.24, 2.45) is 4.99 Å². The first-order valence-corrected chi connectivity index (χ1v) is 8.51. The van der Waals surface area contributed by atoms with Crippen LogP contribution in [0, 0.1) is 3.57 Å². The Labute approximate surface area is 157 Å². The first-order chi connectivity index (χ1) is 12.2. The number of ether oxygens (including phenoxy) is 1. The Balaban J connectivity index is 1.63. The third-order valence-corrected chi connectivity index (χ3v) is 4.55. The van der Waals surface area contributed by atoms with E-state index in [1.807, 2.05) is 48.5 Å². The van der Waals surface area contributed by atoms with Crippen LogP contribution in [-0.4, -0.2) is 26.6 Å². The molecule has 0 saturated heterocycles. The first-order valence-electron chi connectivity index (χ1n) is 7.43. The summed E-state index contributed by atoms with van der Waals surface area (Å²) < 4.78 is 7.95. The van der Waals surface area contributed by atoms with Gasteiger partial charge in [-0.25, -0.2) is 19.5 Å². The number of cyclic esters (lactones) is 1. The molecule has 0 radical (unpaired) electrons. The van der Waals surface area contributed by atoms with Crippen LogP contribution >= 0.6 is 22.6 Å². The molecule has 0 amide bonds. The van der Waals surface area contributed by atoms with Gasteiger partial charge in [-0.3, -0.25) is 0 Å². The summed E-state index contributed by atoms with van der Waals surface area (Å²) in [5, 5.41) is 4.08. The summed E-state index contributed by atoms with van der Waals surface area (Å²) in [6.07, 6.45) is 4.81. The van der Waals surface area contributed by atoms with Crippen molar-refractivity contribution < 1.29 is 9.53 Å². The van der Waals surface area contributed by atoms with Crippen molar-refractivity contribution in [1.82, 2.24) is 14.8 Å². The average Bonchev–Trinajstić information content (AvgIpc) is 3.27. The number of carbonyl (C=O) groups excluding carboxylic acids is 1. The van der Waals surface area contributed by atoms with Crippen molar-refractivity contribution in [3.05, 3.63) is 81.6 Å². The van der Waals surface area contributed by atoms with Gasteiger partial charge < -0.3 is 4.74 Å². The fraction of sp³-hybridized carbons (Fsp3) is 0. The summed E-state index contributed by atoms with van der Waals surface area (Å²) in [5.74, 6) is -0.115. The van der Waals surface area contributed by atoms with E-state index in [1.54, 1.807) is 17.1 Å². The number of aromatic nitrogens is 3. The first kappa shape index (κ1) is 15.7. The van der Waals surface area contributed by atoms with Crippen LogP contribution in [-0.2, 0) is 9.53 Å². The SMILES string of the molecule is O=C1OC(c2ccccc2I)=N/C1=C\c1ccc(-n2cncn2)cc1. The maximum Gasteiger partial charge on any atom is 0.363 e. The monoisotopic (exact) mass is 442 g/mol. The number of nitrogens with zero attached hydrogens (tertiary/aromatic N) is 4. The quantitative estimate of drug-likeness (QED) is 0.355. The molecule has 0 aliphatic carbocycles. The van der Waals surface area contributed by atoms with Crippen LogP contribution < -0.4 is 0 Å². The molecule has 0 N–H and O–H groups in total. The van der Waals surface area contributed by atoms with Crippen molar-refractivity contribution >= 4 is 40.5 Å². The largest absolute Gasteiger partial charge is 0.402 e. The average molecular weight is 442 g/mol. The lowest BCUT2D eigenvalue weighted by molar-refractivity contribution is -0.129. The lowest BCUT2D eigenvalue weighted by Crippen LogP contribution is -2.06. The van der Waals surface area contributed by atoms with Gasteiger partial charge in [0.2, 0.25) is 5.90 Å². The molecule has 7 heteroatoms. The number of rotatable bonds is 3. The number of carbonyl (C=O) groups is 1. The molecule has 0 atom stereocenters. The standard InChI is InChI=1S/C18H11IN4O2/c19-15-4-2-1-3-14(15)17-22-16(18(24)25-17)9-12-5-7-13(8-6-12)23-11-20-10-21-23/h1-11H/b16-9-. The molecule has 0 unspecified atom stereocenters. The Bertz CT molecular complexity index is 992. The van der Waals surface area contributed by atoms with Gasteiger partial charge in [0.25, 0.3) is 0 Å². The Hall–Kier alpha value is -2.81. The molecule has 1 aliphatic rings. The van der Waals surface area contributed by atoms with E-state index in [-0.39, 0.29) is 5.70 Å². The summed E-state index contributed by atoms with van der Waals surface area (Å²) in [6, 6.07) is 15.2. The highest BCUT2D eigenvalue weighted by Gasteiger charge is 2.25. The fourth-order valence-electron chi connectivity index (χ4n) is 2.38. The molecule has 0 bridgehead atoms. The van der Waals surface area contributed by atoms with Gasteiger partial charge in [-0.2, -0.15) is 5.10 Å². The Morgan fingerprint density at radius 2 is 1.88 bits per heavy atom. The molecule has 6 nitrogen and oxygen atoms in total. The van der Waals surface area contributed by atoms with E-state index < -0.39 is 5.97 Å². The van der Waals surface area contributed by atoms with Crippen LogP contribution in [0.3, 0.4) is 0 Å². The van der Waals surface area contributed by atoms with E-state index in [0.29, 0.717) is 5.90 Å². The van der Waals surface area contributed by atoms with Gasteiger partial charge in [-0.15, -0.1) is 0 Å². The molecule has 0 saturated carbocycles. The second-order valence-electron chi connectivity index (χ2n) is 5.25. The van der Waals surface area contributed by atoms with Crippen molar-refractivity contribution in [3.8, 4) is 5.69 Å². The van der Waals surface area contributed by atoms with Gasteiger partial charge in [0.1, 0.15) is 12.7 Å². The van der Waals surface area contributed by atoms with Crippen LogP contribution in [0.5, 0.6) is 0 Å². The molecule has 0 spiro atoms. The van der Waals surface area contributed by atoms with Crippen molar-refractivity contribution in [1.29, 1.82) is 0 Å². The van der Waals surface area contributed by atoms with Gasteiger partial charge in [0, 0.05) is 3.57 Å². The van der Waals surface area contributed by atoms with E-state index in [4.69, 9.17) is 4.74 Å². The van der Waals surface area contributed by atoms with Crippen molar-refractivity contribution in [2.75, 3.05) is 0 Å². The van der Waals surface area contributed by atoms with Crippen LogP contribution in [0.25, 0.3) is 11.8 Å². The zero-order chi connectivity index (χ0) is 17.2. The van der Waals surface area contributed by atoms with E-state index in [0.717, 1.165) is 20.4 Å². The molecule has 1 aliphatic heterocycles. The predicted octanol–water partition coefficient (Wildman–Crippen LogP) is 3.22. The second-order valence-corrected chi connectivity index (χ2v) is 6.41. The molecular formula is C18H11IN4O2. The Morgan fingerprint density at radius 1 is 1.08 bits per heavy atom. The molecule has 4 rings (SSSR count). The third kappa shape index (κ3) is 3.22. The van der Waals surface area contributed by atoms with Crippen molar-refractivity contribution in [2.45, 2.75) is 0 Å². The summed E-state index contributed by atoms with van der Waals surface area (Å²) >= 11 is 2.19. The van der Waals surface area contributed by atoms with Gasteiger partial charge in [0.05, 0.1) is 11.3 Å². The van der Waals surface area contributed by atoms with Crippen LogP contribution in [0.1, 0.15) is 11.1 Å². The number of aliphatic imine (C=N–C) groups is 1. The van der Waals surface area contributed by atoms with Crippen molar-refractivity contribution in [3.63, 3.8) is 0 Å². The van der Waals surface area contributed by atoms with Crippen LogP contribution in [0.4, 0.5) is 0 Å². The number of halogens is 1. The Morgan fingerprint density at radius 3 is 2.60 bits per heavy atom. The molecule has 2 heterocycles. The fourth-order valence-corrected chi connectivity index (χ4v) is 3.00. The molecular weight excluding hydrogens is 431 g/mol. The molecule has 2 aromatic carbocycles. The minimum atomic E-state index is -0.449. The van der Waals surface area contributed by atoms with E-state index in [2.05, 4.69) is 37.7 Å². The number of esters is 1. The van der Waals surface area contributed by atoms with Gasteiger partial charge in [-0.05, 0) is 58.5 Å². The summed E-state index contributed by atoms with van der Waals surface area (Å²) in [5.41, 5.74) is 2.82. The van der Waals surface area contributed by atoms with E-state index in [9.17, 15) is 4.79 Å². The lowest BCUT2D eigenvalue weighted by Gasteiger charge is -2.01. The van der Waals surface area contributed by atoms with Crippen LogP contribution in [0.2, 0.25) is 0 Å². The summed E-state index contributed by atoms with van der Waals surface area (Å²) in [6.45, 7) is 0. The maximum atomic E-state index is 12.1. The second kappa shape index (κ2) is 6.60. The summed E-state index contributed by atoms with van der Waals surface area (Å²) in [4.78, 5) is 20.4. The smallest absolute Gasteiger partial charge is 0.363 e. The topological polar surface area (TPSA) is 69.4 Å². The summed E-state index contributed by atoms with van der Waals surface area (Å²) in [7, 11) is 0. The molecule has 122 valence electrons. The highest BCUT2D eigenvalue weighted by atomic mass is 127. The molecule has 3 aromatic rings. The minimum absolute atomic E-state index is 0.281. The molecule has 1 aromatic heterocycles. The van der Waals surface area contributed by atoms with Gasteiger partial charge in [0.15, 0.2) is 5.70 Å². The molecule has 25 heavy (non-hydrogen) atoms. The minimum Gasteiger partial charge on any atom is -0.402 e. The van der Waals surface area contributed by atoms with Crippen LogP contribution in [0.15, 0.2) is 71.9 Å². The zero-order valence-electron chi connectivity index (χ0n) is 12.8. The zero-order valence-corrected chi connectivity index (χ0v) is 15.0. The number of hydrogen-bond donors (Lipinski definition) is 0. The van der Waals surface area contributed by atoms with E-state index >= 15 is 0 Å². The Kier molecular flexibility index (Phi) is 4.14. The van der Waals surface area contributed by atoms with Gasteiger partial charge >= 0.3 is 5.97 Å². The lowest BCUT2D eigenvalue weighted by atomic mass is 10.2.